The average Bonchev–Trinajstić information content (AvgIpc) is 2.87. The second-order valence-corrected chi connectivity index (χ2v) is 4.75. The van der Waals surface area contributed by atoms with Crippen molar-refractivity contribution in [2.24, 2.45) is 0 Å². The fraction of sp³-hybridized carbons (Fsp3) is 0.267. The average molecular weight is 260 g/mol. The number of aryl methyl sites for hydroxylation is 2. The summed E-state index contributed by atoms with van der Waals surface area (Å²) >= 11 is 0. The number of fused-ring (bicyclic) bond motifs is 1. The van der Waals surface area contributed by atoms with Gasteiger partial charge in [0.2, 0.25) is 0 Å². The van der Waals surface area contributed by atoms with Crippen LogP contribution in [0, 0.1) is 11.6 Å². The summed E-state index contributed by atoms with van der Waals surface area (Å²) in [7, 11) is 0. The Morgan fingerprint density at radius 2 is 2.00 bits per heavy atom. The zero-order valence-corrected chi connectivity index (χ0v) is 10.4. The molecule has 0 unspecified atom stereocenters. The molecule has 1 aromatic heterocycles. The van der Waals surface area contributed by atoms with Crippen LogP contribution < -0.4 is 5.32 Å². The molecule has 0 atom stereocenters. The van der Waals surface area contributed by atoms with E-state index < -0.39 is 11.6 Å². The predicted molar refractivity (Wildman–Crippen MR) is 69.9 cm³/mol. The number of halogens is 2. The molecule has 1 heterocycles. The molecule has 2 nitrogen and oxygen atoms in total. The lowest BCUT2D eigenvalue weighted by atomic mass is 10.2. The fourth-order valence-corrected chi connectivity index (χ4v) is 2.38. The zero-order chi connectivity index (χ0) is 13.2. The Hall–Kier alpha value is -1.97. The van der Waals surface area contributed by atoms with Gasteiger partial charge >= 0.3 is 0 Å². The molecule has 19 heavy (non-hydrogen) atoms. The maximum atomic E-state index is 13.5. The maximum Gasteiger partial charge on any atom is 0.128 e. The number of hydrogen-bond donors (Lipinski definition) is 1. The number of hydrogen-bond acceptors (Lipinski definition) is 2. The number of pyridine rings is 1. The van der Waals surface area contributed by atoms with Crippen LogP contribution in [-0.4, -0.2) is 4.98 Å². The van der Waals surface area contributed by atoms with E-state index in [4.69, 9.17) is 0 Å². The Balaban J connectivity index is 1.74. The van der Waals surface area contributed by atoms with Gasteiger partial charge in [0.1, 0.15) is 17.5 Å². The van der Waals surface area contributed by atoms with Gasteiger partial charge < -0.3 is 5.32 Å². The summed E-state index contributed by atoms with van der Waals surface area (Å²) in [5.41, 5.74) is 2.72. The van der Waals surface area contributed by atoms with Crippen LogP contribution >= 0.6 is 0 Å². The summed E-state index contributed by atoms with van der Waals surface area (Å²) in [6.07, 6.45) is 3.23. The monoisotopic (exact) mass is 260 g/mol. The Morgan fingerprint density at radius 1 is 1.11 bits per heavy atom. The maximum absolute atomic E-state index is 13.5. The number of aromatic nitrogens is 1. The van der Waals surface area contributed by atoms with Crippen molar-refractivity contribution in [2.45, 2.75) is 25.8 Å². The number of rotatable bonds is 3. The molecule has 1 N–H and O–H groups in total. The van der Waals surface area contributed by atoms with Crippen LogP contribution in [0.25, 0.3) is 0 Å². The van der Waals surface area contributed by atoms with Gasteiger partial charge in [-0.25, -0.2) is 13.8 Å². The van der Waals surface area contributed by atoms with Crippen molar-refractivity contribution in [2.75, 3.05) is 5.32 Å². The highest BCUT2D eigenvalue weighted by atomic mass is 19.1. The van der Waals surface area contributed by atoms with Crippen LogP contribution in [0.1, 0.15) is 23.2 Å². The normalized spacial score (nSPS) is 13.4. The topological polar surface area (TPSA) is 24.9 Å². The Morgan fingerprint density at radius 3 is 2.89 bits per heavy atom. The van der Waals surface area contributed by atoms with Crippen molar-refractivity contribution in [3.63, 3.8) is 0 Å². The minimum absolute atomic E-state index is 0.232. The zero-order valence-electron chi connectivity index (χ0n) is 10.4. The van der Waals surface area contributed by atoms with E-state index in [0.29, 0.717) is 11.4 Å². The fourth-order valence-electron chi connectivity index (χ4n) is 2.38. The first-order chi connectivity index (χ1) is 9.22. The molecule has 1 aliphatic rings. The van der Waals surface area contributed by atoms with E-state index in [1.54, 1.807) is 0 Å². The van der Waals surface area contributed by atoms with Gasteiger partial charge in [-0.2, -0.15) is 0 Å². The van der Waals surface area contributed by atoms with Gasteiger partial charge in [-0.1, -0.05) is 6.07 Å². The molecule has 0 spiro atoms. The predicted octanol–water partition coefficient (Wildman–Crippen LogP) is 3.46. The van der Waals surface area contributed by atoms with E-state index in [1.807, 2.05) is 6.07 Å². The quantitative estimate of drug-likeness (QED) is 0.914. The van der Waals surface area contributed by atoms with E-state index >= 15 is 0 Å². The second-order valence-electron chi connectivity index (χ2n) is 4.75. The van der Waals surface area contributed by atoms with Crippen molar-refractivity contribution >= 4 is 5.82 Å². The lowest BCUT2D eigenvalue weighted by molar-refractivity contribution is 0.587. The van der Waals surface area contributed by atoms with Crippen LogP contribution in [0.5, 0.6) is 0 Å². The first kappa shape index (κ1) is 12.1. The lowest BCUT2D eigenvalue weighted by Gasteiger charge is -2.08. The molecule has 1 aromatic carbocycles. The van der Waals surface area contributed by atoms with E-state index in [-0.39, 0.29) is 6.54 Å². The largest absolute Gasteiger partial charge is 0.366 e. The minimum Gasteiger partial charge on any atom is -0.366 e. The molecule has 0 aliphatic heterocycles. The molecule has 0 bridgehead atoms. The van der Waals surface area contributed by atoms with Crippen LogP contribution in [0.2, 0.25) is 0 Å². The third-order valence-corrected chi connectivity index (χ3v) is 3.40. The molecule has 2 aromatic rings. The lowest BCUT2D eigenvalue weighted by Crippen LogP contribution is -2.05. The van der Waals surface area contributed by atoms with Crippen molar-refractivity contribution in [3.8, 4) is 0 Å². The highest BCUT2D eigenvalue weighted by Crippen LogP contribution is 2.22. The molecular formula is C15H14F2N2. The molecule has 0 radical (unpaired) electrons. The number of nitrogens with one attached hydrogen (secondary N) is 1. The third-order valence-electron chi connectivity index (χ3n) is 3.40. The van der Waals surface area contributed by atoms with Crippen molar-refractivity contribution in [1.82, 2.24) is 4.98 Å². The van der Waals surface area contributed by atoms with Gasteiger partial charge in [0, 0.05) is 17.8 Å². The molecule has 0 fully saturated rings. The molecule has 98 valence electrons. The number of benzene rings is 1. The van der Waals surface area contributed by atoms with E-state index in [9.17, 15) is 8.78 Å². The first-order valence-electron chi connectivity index (χ1n) is 6.39. The molecule has 3 rings (SSSR count). The van der Waals surface area contributed by atoms with Crippen LogP contribution in [-0.2, 0) is 19.4 Å². The van der Waals surface area contributed by atoms with Gasteiger partial charge in [-0.05, 0) is 49.1 Å². The first-order valence-corrected chi connectivity index (χ1v) is 6.39. The Bertz CT molecular complexity index is 611. The van der Waals surface area contributed by atoms with Gasteiger partial charge in [0.15, 0.2) is 0 Å². The molecule has 4 heteroatoms. The van der Waals surface area contributed by atoms with E-state index in [2.05, 4.69) is 16.4 Å². The van der Waals surface area contributed by atoms with Crippen molar-refractivity contribution in [3.05, 3.63) is 58.8 Å². The third kappa shape index (κ3) is 2.57. The van der Waals surface area contributed by atoms with E-state index in [1.165, 1.54) is 11.6 Å². The van der Waals surface area contributed by atoms with Crippen LogP contribution in [0.4, 0.5) is 14.6 Å². The minimum atomic E-state index is -0.430. The van der Waals surface area contributed by atoms with E-state index in [0.717, 1.165) is 37.1 Å². The second kappa shape index (κ2) is 4.96. The highest BCUT2D eigenvalue weighted by Gasteiger charge is 2.12. The van der Waals surface area contributed by atoms with Gasteiger partial charge in [-0.3, -0.25) is 0 Å². The summed E-state index contributed by atoms with van der Waals surface area (Å²) in [5.74, 6) is -0.125. The molecule has 0 amide bonds. The summed E-state index contributed by atoms with van der Waals surface area (Å²) in [6.45, 7) is 0.232. The number of nitrogens with zero attached hydrogens (tertiary/aromatic N) is 1. The highest BCUT2D eigenvalue weighted by molar-refractivity contribution is 5.41. The van der Waals surface area contributed by atoms with Gasteiger partial charge in [0.05, 0.1) is 0 Å². The Kier molecular flexibility index (Phi) is 3.15. The smallest absolute Gasteiger partial charge is 0.128 e. The molecular weight excluding hydrogens is 246 g/mol. The molecule has 0 saturated heterocycles. The molecule has 1 aliphatic carbocycles. The standard InChI is InChI=1S/C15H14F2N2/c16-12-5-6-13(17)11(8-12)9-18-15-7-4-10-2-1-3-14(10)19-15/h4-8H,1-3,9H2,(H,18,19). The SMILES string of the molecule is Fc1ccc(F)c(CNc2ccc3c(n2)CCC3)c1. The van der Waals surface area contributed by atoms with Crippen molar-refractivity contribution in [1.29, 1.82) is 0 Å². The van der Waals surface area contributed by atoms with Crippen LogP contribution in [0.15, 0.2) is 30.3 Å². The van der Waals surface area contributed by atoms with Crippen molar-refractivity contribution < 1.29 is 8.78 Å². The summed E-state index contributed by atoms with van der Waals surface area (Å²) in [5, 5.41) is 3.04. The Labute approximate surface area is 110 Å². The van der Waals surface area contributed by atoms with Crippen LogP contribution in [0.3, 0.4) is 0 Å². The van der Waals surface area contributed by atoms with Gasteiger partial charge in [-0.15, -0.1) is 0 Å². The summed E-state index contributed by atoms with van der Waals surface area (Å²) < 4.78 is 26.5. The van der Waals surface area contributed by atoms with Gasteiger partial charge in [0.25, 0.3) is 0 Å². The number of anilines is 1. The molecule has 0 saturated carbocycles. The summed E-state index contributed by atoms with van der Waals surface area (Å²) in [6, 6.07) is 7.41. The summed E-state index contributed by atoms with van der Waals surface area (Å²) in [4.78, 5) is 4.49.